The van der Waals surface area contributed by atoms with Crippen molar-refractivity contribution in [2.45, 2.75) is 58.2 Å². The Balaban J connectivity index is 1.39. The van der Waals surface area contributed by atoms with Crippen LogP contribution in [0.25, 0.3) is 11.0 Å². The van der Waals surface area contributed by atoms with Crippen molar-refractivity contribution < 1.29 is 9.53 Å². The molecule has 2 atom stereocenters. The maximum Gasteiger partial charge on any atom is 0.233 e. The Labute approximate surface area is 204 Å². The summed E-state index contributed by atoms with van der Waals surface area (Å²) in [5.74, 6) is 0.774. The van der Waals surface area contributed by atoms with E-state index in [1.807, 2.05) is 40.9 Å². The van der Waals surface area contributed by atoms with Crippen LogP contribution in [-0.4, -0.2) is 35.1 Å². The van der Waals surface area contributed by atoms with Crippen LogP contribution in [0, 0.1) is 18.8 Å². The Kier molecular flexibility index (Phi) is 5.95. The maximum atomic E-state index is 13.3. The first-order chi connectivity index (χ1) is 15.7. The second-order valence-electron chi connectivity index (χ2n) is 10.6. The summed E-state index contributed by atoms with van der Waals surface area (Å²) >= 11 is 3.46. The summed E-state index contributed by atoms with van der Waals surface area (Å²) in [6.45, 7) is 10.4. The average Bonchev–Trinajstić information content (AvgIpc) is 3.48. The number of aryl methyl sites for hydroxylation is 1. The third kappa shape index (κ3) is 4.53. The fourth-order valence-corrected chi connectivity index (χ4v) is 5.90. The Morgan fingerprint density at radius 2 is 1.97 bits per heavy atom. The van der Waals surface area contributed by atoms with E-state index >= 15 is 0 Å². The lowest BCUT2D eigenvalue weighted by atomic mass is 9.78. The molecule has 2 aromatic heterocycles. The van der Waals surface area contributed by atoms with Gasteiger partial charge in [0.15, 0.2) is 0 Å². The number of hydrogen-bond donors (Lipinski definition) is 0. The van der Waals surface area contributed by atoms with Crippen LogP contribution in [0.1, 0.15) is 30.1 Å². The van der Waals surface area contributed by atoms with E-state index in [1.54, 1.807) is 0 Å². The smallest absolute Gasteiger partial charge is 0.233 e. The number of anilines is 1. The van der Waals surface area contributed by atoms with Crippen LogP contribution in [0.5, 0.6) is 0 Å². The van der Waals surface area contributed by atoms with Crippen LogP contribution in [-0.2, 0) is 16.3 Å². The van der Waals surface area contributed by atoms with E-state index in [2.05, 4.69) is 57.7 Å². The van der Waals surface area contributed by atoms with Crippen LogP contribution >= 0.6 is 15.9 Å². The van der Waals surface area contributed by atoms with Crippen molar-refractivity contribution in [3.63, 3.8) is 0 Å². The summed E-state index contributed by atoms with van der Waals surface area (Å²) in [5.41, 5.74) is 4.92. The Morgan fingerprint density at radius 3 is 2.67 bits per heavy atom. The molecule has 6 nitrogen and oxygen atoms in total. The monoisotopic (exact) mass is 526 g/mol. The molecule has 3 heterocycles. The number of carbonyl (C=O) groups is 1. The predicted octanol–water partition coefficient (Wildman–Crippen LogP) is 5.93. The number of nitrogens with zero attached hydrogens (tertiary/aromatic N) is 4. The lowest BCUT2D eigenvalue weighted by Gasteiger charge is -2.48. The molecular weight excluding hydrogens is 496 g/mol. The first-order valence-electron chi connectivity index (χ1n) is 11.7. The molecule has 1 saturated heterocycles. The van der Waals surface area contributed by atoms with Crippen LogP contribution in [0.3, 0.4) is 0 Å². The zero-order valence-corrected chi connectivity index (χ0v) is 22.3. The number of carbonyl (C=O) groups excluding carboxylic acids is 1. The molecule has 5 rings (SSSR count). The highest BCUT2D eigenvalue weighted by Crippen LogP contribution is 2.54. The van der Waals surface area contributed by atoms with E-state index in [9.17, 15) is 4.79 Å². The van der Waals surface area contributed by atoms with E-state index in [4.69, 9.17) is 4.74 Å². The topological polar surface area (TPSA) is 60.2 Å². The minimum absolute atomic E-state index is 0.0371. The molecule has 1 saturated carbocycles. The van der Waals surface area contributed by atoms with Crippen molar-refractivity contribution in [2.75, 3.05) is 11.5 Å². The quantitative estimate of drug-likeness (QED) is 0.158. The number of amides is 1. The highest BCUT2D eigenvalue weighted by atomic mass is 79.9. The third-order valence-electron chi connectivity index (χ3n) is 6.79. The van der Waals surface area contributed by atoms with Gasteiger partial charge in [-0.3, -0.25) is 4.79 Å². The lowest BCUT2D eigenvalue weighted by Crippen LogP contribution is -2.56. The number of benzene rings is 1. The van der Waals surface area contributed by atoms with E-state index < -0.39 is 8.07 Å². The van der Waals surface area contributed by atoms with E-state index in [0.717, 1.165) is 58.1 Å². The number of halogens is 1. The number of imidazole rings is 1. The van der Waals surface area contributed by atoms with E-state index in [-0.39, 0.29) is 17.9 Å². The molecule has 0 N–H and O–H groups in total. The maximum absolute atomic E-state index is 13.3. The van der Waals surface area contributed by atoms with Crippen LogP contribution in [0.2, 0.25) is 25.7 Å². The average molecular weight is 528 g/mol. The zero-order valence-electron chi connectivity index (χ0n) is 19.7. The minimum Gasteiger partial charge on any atom is -0.361 e. The van der Waals surface area contributed by atoms with Crippen molar-refractivity contribution in [1.29, 1.82) is 0 Å². The van der Waals surface area contributed by atoms with Gasteiger partial charge in [0.05, 0.1) is 29.3 Å². The minimum atomic E-state index is -1.10. The lowest BCUT2D eigenvalue weighted by molar-refractivity contribution is -0.131. The van der Waals surface area contributed by atoms with Gasteiger partial charge in [0.2, 0.25) is 5.91 Å². The molecule has 33 heavy (non-hydrogen) atoms. The largest absolute Gasteiger partial charge is 0.361 e. The van der Waals surface area contributed by atoms with Gasteiger partial charge < -0.3 is 14.2 Å². The molecule has 1 aromatic carbocycles. The molecule has 3 aromatic rings. The number of fused-ring (bicyclic) bond motifs is 1. The number of rotatable bonds is 8. The van der Waals surface area contributed by atoms with Crippen molar-refractivity contribution in [2.24, 2.45) is 11.8 Å². The summed E-state index contributed by atoms with van der Waals surface area (Å²) in [6, 6.07) is 11.4. The standard InChI is InChI=1S/C25H31BrN4O2Si/c1-16-19(8-10-22(26)28-16)24-23(17-5-6-17)25(31)30(24)18-7-9-21-20(13-18)27-14-29(21)15-32-11-12-33(2,3)4/h7-10,13-14,17,23-24H,5-6,11-12,15H2,1-4H3. The molecule has 1 aliphatic carbocycles. The van der Waals surface area contributed by atoms with Gasteiger partial charge in [-0.1, -0.05) is 25.7 Å². The second-order valence-corrected chi connectivity index (χ2v) is 17.0. The molecule has 2 fully saturated rings. The molecule has 1 aliphatic heterocycles. The molecule has 8 heteroatoms. The fraction of sp³-hybridized carbons (Fsp3) is 0.480. The first kappa shape index (κ1) is 22.7. The Morgan fingerprint density at radius 1 is 1.18 bits per heavy atom. The SMILES string of the molecule is Cc1nc(Br)ccc1C1C(C2CC2)C(=O)N1c1ccc2c(c1)ncn2COCC[Si](C)(C)C. The van der Waals surface area contributed by atoms with E-state index in [0.29, 0.717) is 12.6 Å². The molecule has 174 valence electrons. The molecular formula is C25H31BrN4O2Si. The molecule has 1 amide bonds. The first-order valence-corrected chi connectivity index (χ1v) is 16.2. The Hall–Kier alpha value is -2.03. The van der Waals surface area contributed by atoms with E-state index in [1.165, 1.54) is 0 Å². The highest BCUT2D eigenvalue weighted by molar-refractivity contribution is 9.10. The van der Waals surface area contributed by atoms with Gasteiger partial charge in [-0.25, -0.2) is 9.97 Å². The van der Waals surface area contributed by atoms with Crippen molar-refractivity contribution in [1.82, 2.24) is 14.5 Å². The second kappa shape index (κ2) is 8.63. The van der Waals surface area contributed by atoms with Crippen molar-refractivity contribution in [3.05, 3.63) is 52.5 Å². The molecule has 0 spiro atoms. The van der Waals surface area contributed by atoms with Crippen LogP contribution in [0.15, 0.2) is 41.3 Å². The molecule has 2 unspecified atom stereocenters. The molecule has 0 bridgehead atoms. The number of β-lactam (4-membered cyclic amide) rings is 1. The van der Waals surface area contributed by atoms with Gasteiger partial charge in [0.25, 0.3) is 0 Å². The Bertz CT molecular complexity index is 1200. The van der Waals surface area contributed by atoms with Crippen LogP contribution in [0.4, 0.5) is 5.69 Å². The van der Waals surface area contributed by atoms with Crippen molar-refractivity contribution >= 4 is 46.6 Å². The number of pyridine rings is 1. The predicted molar refractivity (Wildman–Crippen MR) is 137 cm³/mol. The summed E-state index contributed by atoms with van der Waals surface area (Å²) in [5, 5.41) is 0. The highest BCUT2D eigenvalue weighted by Gasteiger charge is 2.55. The fourth-order valence-electron chi connectivity index (χ4n) is 4.75. The van der Waals surface area contributed by atoms with Gasteiger partial charge in [-0.05, 0) is 77.5 Å². The van der Waals surface area contributed by atoms with Crippen LogP contribution < -0.4 is 4.90 Å². The van der Waals surface area contributed by atoms with Crippen molar-refractivity contribution in [3.8, 4) is 0 Å². The van der Waals surface area contributed by atoms with Gasteiger partial charge >= 0.3 is 0 Å². The normalized spacial score (nSPS) is 21.0. The van der Waals surface area contributed by atoms with Gasteiger partial charge in [-0.2, -0.15) is 0 Å². The van der Waals surface area contributed by atoms with Gasteiger partial charge in [0, 0.05) is 26.1 Å². The molecule has 0 radical (unpaired) electrons. The number of aromatic nitrogens is 3. The summed E-state index contributed by atoms with van der Waals surface area (Å²) in [7, 11) is -1.10. The zero-order chi connectivity index (χ0) is 23.3. The van der Waals surface area contributed by atoms with Gasteiger partial charge in [-0.15, -0.1) is 0 Å². The summed E-state index contributed by atoms with van der Waals surface area (Å²) < 4.78 is 8.78. The number of hydrogen-bond acceptors (Lipinski definition) is 4. The molecule has 2 aliphatic rings. The third-order valence-corrected chi connectivity index (χ3v) is 8.94. The number of ether oxygens (including phenoxy) is 1. The van der Waals surface area contributed by atoms with Gasteiger partial charge in [0.1, 0.15) is 11.3 Å². The summed E-state index contributed by atoms with van der Waals surface area (Å²) in [4.78, 5) is 24.4. The summed E-state index contributed by atoms with van der Waals surface area (Å²) in [6.07, 6.45) is 4.12.